The summed E-state index contributed by atoms with van der Waals surface area (Å²) < 4.78 is 21.8. The van der Waals surface area contributed by atoms with Gasteiger partial charge in [-0.15, -0.1) is 0 Å². The van der Waals surface area contributed by atoms with Gasteiger partial charge < -0.3 is 9.84 Å². The minimum absolute atomic E-state index is 0.131. The van der Waals surface area contributed by atoms with Gasteiger partial charge >= 0.3 is 0 Å². The Labute approximate surface area is 117 Å². The lowest BCUT2D eigenvalue weighted by Crippen LogP contribution is -2.19. The number of benzene rings is 1. The molecule has 18 heavy (non-hydrogen) atoms. The van der Waals surface area contributed by atoms with Gasteiger partial charge in [-0.3, -0.25) is 0 Å². The maximum atomic E-state index is 13.9. The Hall–Kier alpha value is -0.890. The van der Waals surface area contributed by atoms with Crippen LogP contribution in [0, 0.1) is 9.52 Å². The highest BCUT2D eigenvalue weighted by molar-refractivity contribution is 14.1. The predicted octanol–water partition coefficient (Wildman–Crippen LogP) is 3.18. The number of rotatable bonds is 1. The predicted molar refractivity (Wildman–Crippen MR) is 72.9 cm³/mol. The lowest BCUT2D eigenvalue weighted by Gasteiger charge is -2.23. The lowest BCUT2D eigenvalue weighted by atomic mass is 10.2. The molecule has 4 nitrogen and oxygen atoms in total. The molecule has 1 aromatic heterocycles. The summed E-state index contributed by atoms with van der Waals surface area (Å²) in [7, 11) is 0. The lowest BCUT2D eigenvalue weighted by molar-refractivity contribution is -0.0368. The molecule has 0 bridgehead atoms. The van der Waals surface area contributed by atoms with Gasteiger partial charge in [0.25, 0.3) is 0 Å². The zero-order valence-corrected chi connectivity index (χ0v) is 11.7. The van der Waals surface area contributed by atoms with Gasteiger partial charge in [-0.05, 0) is 54.0 Å². The van der Waals surface area contributed by atoms with E-state index in [1.807, 2.05) is 22.6 Å². The molecule has 3 rings (SSSR count). The molecule has 2 aromatic rings. The molecule has 0 saturated carbocycles. The van der Waals surface area contributed by atoms with Gasteiger partial charge in [-0.25, -0.2) is 9.07 Å². The zero-order chi connectivity index (χ0) is 12.7. The average Bonchev–Trinajstić information content (AvgIpc) is 2.73. The third-order valence-corrected chi connectivity index (χ3v) is 3.93. The van der Waals surface area contributed by atoms with Crippen LogP contribution in [0.25, 0.3) is 10.9 Å². The van der Waals surface area contributed by atoms with Crippen molar-refractivity contribution in [1.29, 1.82) is 0 Å². The Kier molecular flexibility index (Phi) is 3.14. The first-order chi connectivity index (χ1) is 8.68. The first-order valence-corrected chi connectivity index (χ1v) is 6.93. The molecule has 0 amide bonds. The van der Waals surface area contributed by atoms with Crippen LogP contribution in [0.15, 0.2) is 12.1 Å². The summed E-state index contributed by atoms with van der Waals surface area (Å²) in [6.07, 6.45) is 2.90. The third kappa shape index (κ3) is 1.87. The van der Waals surface area contributed by atoms with Gasteiger partial charge in [0.2, 0.25) is 0 Å². The van der Waals surface area contributed by atoms with Gasteiger partial charge in [-0.1, -0.05) is 0 Å². The van der Waals surface area contributed by atoms with E-state index in [0.29, 0.717) is 21.2 Å². The van der Waals surface area contributed by atoms with Gasteiger partial charge in [0.15, 0.2) is 17.8 Å². The van der Waals surface area contributed by atoms with Gasteiger partial charge in [-0.2, -0.15) is 5.10 Å². The molecule has 2 heterocycles. The monoisotopic (exact) mass is 362 g/mol. The molecule has 0 aliphatic carbocycles. The number of aromatic nitrogens is 2. The molecule has 1 aromatic carbocycles. The summed E-state index contributed by atoms with van der Waals surface area (Å²) in [5.41, 5.74) is 0.668. The quantitative estimate of drug-likeness (QED) is 0.793. The molecular formula is C12H12FIN2O2. The third-order valence-electron chi connectivity index (χ3n) is 3.18. The molecule has 1 aliphatic rings. The average molecular weight is 362 g/mol. The number of phenols is 1. The molecule has 6 heteroatoms. The van der Waals surface area contributed by atoms with E-state index in [4.69, 9.17) is 4.74 Å². The largest absolute Gasteiger partial charge is 0.505 e. The highest BCUT2D eigenvalue weighted by Crippen LogP contribution is 2.32. The van der Waals surface area contributed by atoms with E-state index in [-0.39, 0.29) is 12.0 Å². The highest BCUT2D eigenvalue weighted by Gasteiger charge is 2.22. The number of fused-ring (bicyclic) bond motifs is 1. The minimum atomic E-state index is -0.612. The number of nitrogens with zero attached hydrogens (tertiary/aromatic N) is 2. The summed E-state index contributed by atoms with van der Waals surface area (Å²) in [5.74, 6) is -0.955. The number of hydrogen-bond donors (Lipinski definition) is 1. The van der Waals surface area contributed by atoms with Crippen LogP contribution in [0.5, 0.6) is 5.75 Å². The van der Waals surface area contributed by atoms with Crippen molar-refractivity contribution in [3.8, 4) is 5.75 Å². The molecule has 96 valence electrons. The number of ether oxygens (including phenoxy) is 1. The molecule has 0 radical (unpaired) electrons. The fraction of sp³-hybridized carbons (Fsp3) is 0.417. The Bertz CT molecular complexity index is 593. The van der Waals surface area contributed by atoms with Gasteiger partial charge in [0, 0.05) is 6.61 Å². The maximum absolute atomic E-state index is 13.9. The van der Waals surface area contributed by atoms with Crippen molar-refractivity contribution in [2.75, 3.05) is 6.61 Å². The Morgan fingerprint density at radius 1 is 1.44 bits per heavy atom. The molecule has 1 atom stereocenters. The number of aromatic hydroxyl groups is 1. The van der Waals surface area contributed by atoms with Crippen molar-refractivity contribution >= 4 is 33.5 Å². The number of phenolic OH excluding ortho intramolecular Hbond substituents is 1. The van der Waals surface area contributed by atoms with E-state index in [0.717, 1.165) is 19.3 Å². The molecule has 0 spiro atoms. The van der Waals surface area contributed by atoms with Crippen molar-refractivity contribution in [2.45, 2.75) is 25.5 Å². The van der Waals surface area contributed by atoms with Crippen LogP contribution in [0.3, 0.4) is 0 Å². The summed E-state index contributed by atoms with van der Waals surface area (Å²) in [6, 6.07) is 3.04. The second kappa shape index (κ2) is 4.65. The molecular weight excluding hydrogens is 350 g/mol. The number of halogens is 2. The van der Waals surface area contributed by atoms with Crippen LogP contribution in [-0.2, 0) is 4.74 Å². The zero-order valence-electron chi connectivity index (χ0n) is 9.57. The smallest absolute Gasteiger partial charge is 0.176 e. The fourth-order valence-electron chi connectivity index (χ4n) is 2.28. The fourth-order valence-corrected chi connectivity index (χ4v) is 3.02. The van der Waals surface area contributed by atoms with Crippen molar-refractivity contribution in [2.24, 2.45) is 0 Å². The van der Waals surface area contributed by atoms with Gasteiger partial charge in [0.05, 0.1) is 10.9 Å². The van der Waals surface area contributed by atoms with E-state index >= 15 is 0 Å². The van der Waals surface area contributed by atoms with Crippen LogP contribution in [0.4, 0.5) is 4.39 Å². The SMILES string of the molecule is Oc1ccc2c(c(I)nn2C2CCCCO2)c1F. The van der Waals surface area contributed by atoms with Crippen molar-refractivity contribution in [3.63, 3.8) is 0 Å². The topological polar surface area (TPSA) is 47.3 Å². The van der Waals surface area contributed by atoms with Crippen molar-refractivity contribution in [3.05, 3.63) is 21.7 Å². The summed E-state index contributed by atoms with van der Waals surface area (Å²) >= 11 is 1.98. The minimum Gasteiger partial charge on any atom is -0.505 e. The van der Waals surface area contributed by atoms with Crippen LogP contribution in [0.1, 0.15) is 25.5 Å². The van der Waals surface area contributed by atoms with E-state index in [1.165, 1.54) is 6.07 Å². The standard InChI is InChI=1S/C12H12FIN2O2/c13-11-8(17)5-4-7-10(11)12(14)15-16(7)9-3-1-2-6-18-9/h4-5,9,17H,1-3,6H2. The second-order valence-electron chi connectivity index (χ2n) is 4.35. The van der Waals surface area contributed by atoms with Crippen LogP contribution < -0.4 is 0 Å². The van der Waals surface area contributed by atoms with E-state index < -0.39 is 5.82 Å². The summed E-state index contributed by atoms with van der Waals surface area (Å²) in [5, 5.41) is 14.1. The highest BCUT2D eigenvalue weighted by atomic mass is 127. The van der Waals surface area contributed by atoms with Crippen molar-refractivity contribution < 1.29 is 14.2 Å². The Morgan fingerprint density at radius 3 is 3.00 bits per heavy atom. The normalized spacial score (nSPS) is 20.4. The van der Waals surface area contributed by atoms with E-state index in [2.05, 4.69) is 5.10 Å². The first kappa shape index (κ1) is 12.2. The Balaban J connectivity index is 2.16. The van der Waals surface area contributed by atoms with Crippen LogP contribution >= 0.6 is 22.6 Å². The molecule has 1 N–H and O–H groups in total. The molecule has 1 saturated heterocycles. The maximum Gasteiger partial charge on any atom is 0.176 e. The Morgan fingerprint density at radius 2 is 2.28 bits per heavy atom. The van der Waals surface area contributed by atoms with Gasteiger partial charge in [0.1, 0.15) is 3.70 Å². The van der Waals surface area contributed by atoms with E-state index in [1.54, 1.807) is 10.7 Å². The summed E-state index contributed by atoms with van der Waals surface area (Å²) in [6.45, 7) is 0.711. The van der Waals surface area contributed by atoms with Crippen LogP contribution in [0.2, 0.25) is 0 Å². The molecule has 1 unspecified atom stereocenters. The molecule has 1 aliphatic heterocycles. The van der Waals surface area contributed by atoms with E-state index in [9.17, 15) is 9.50 Å². The van der Waals surface area contributed by atoms with Crippen molar-refractivity contribution in [1.82, 2.24) is 9.78 Å². The summed E-state index contributed by atoms with van der Waals surface area (Å²) in [4.78, 5) is 0. The van der Waals surface area contributed by atoms with Crippen LogP contribution in [-0.4, -0.2) is 21.5 Å². The second-order valence-corrected chi connectivity index (χ2v) is 5.37. The first-order valence-electron chi connectivity index (χ1n) is 5.85. The molecule has 1 fully saturated rings. The number of hydrogen-bond acceptors (Lipinski definition) is 3.